The maximum atomic E-state index is 7.00. The van der Waals surface area contributed by atoms with E-state index in [1.165, 1.54) is 48.6 Å². The molecule has 0 amide bonds. The van der Waals surface area contributed by atoms with E-state index in [1.54, 1.807) is 0 Å². The highest BCUT2D eigenvalue weighted by Gasteiger charge is 2.15. The number of aromatic nitrogens is 2. The molecule has 2 N–H and O–H groups in total. The number of hydrogen-bond acceptors (Lipinski definition) is 4. The lowest BCUT2D eigenvalue weighted by Gasteiger charge is -2.25. The van der Waals surface area contributed by atoms with Gasteiger partial charge >= 0.3 is 0 Å². The van der Waals surface area contributed by atoms with Gasteiger partial charge in [-0.2, -0.15) is 0 Å². The van der Waals surface area contributed by atoms with E-state index in [2.05, 4.69) is 59.3 Å². The molecule has 1 fully saturated rings. The molecule has 0 radical (unpaired) electrons. The zero-order valence-electron chi connectivity index (χ0n) is 17.5. The number of fused-ring (bicyclic) bond motifs is 1. The molecule has 4 nitrogen and oxygen atoms in total. The van der Waals surface area contributed by atoms with Crippen molar-refractivity contribution < 1.29 is 5.11 Å². The first-order valence-electron chi connectivity index (χ1n) is 10.4. The molecule has 1 aromatic carbocycles. The van der Waals surface area contributed by atoms with E-state index in [9.17, 15) is 0 Å². The number of aryl methyl sites for hydroxylation is 1. The van der Waals surface area contributed by atoms with Crippen LogP contribution in [0.2, 0.25) is 0 Å². The molecule has 0 saturated heterocycles. The summed E-state index contributed by atoms with van der Waals surface area (Å²) in [4.78, 5) is 9.20. The molecule has 0 unspecified atom stereocenters. The van der Waals surface area contributed by atoms with Crippen molar-refractivity contribution in [1.29, 1.82) is 0 Å². The molecule has 0 aliphatic heterocycles. The molecule has 3 aromatic rings. The number of aliphatic hydroxyl groups excluding tert-OH is 1. The minimum absolute atomic E-state index is 0.533. The number of para-hydroxylation sites is 1. The fraction of sp³-hybridized carbons (Fsp3) is 0.360. The molecule has 2 aromatic heterocycles. The van der Waals surface area contributed by atoms with Gasteiger partial charge in [0.05, 0.1) is 16.9 Å². The Balaban J connectivity index is 0.00000117. The molecule has 4 heteroatoms. The average Bonchev–Trinajstić information content (AvgIpc) is 2.76. The van der Waals surface area contributed by atoms with Gasteiger partial charge < -0.3 is 10.4 Å². The van der Waals surface area contributed by atoms with Gasteiger partial charge in [0, 0.05) is 30.4 Å². The van der Waals surface area contributed by atoms with Crippen LogP contribution in [0.25, 0.3) is 16.6 Å². The summed E-state index contributed by atoms with van der Waals surface area (Å²) in [5, 5.41) is 11.8. The lowest BCUT2D eigenvalue weighted by Crippen LogP contribution is -2.29. The van der Waals surface area contributed by atoms with Crippen LogP contribution in [0, 0.1) is 6.92 Å². The zero-order valence-corrected chi connectivity index (χ0v) is 17.5. The third-order valence-electron chi connectivity index (χ3n) is 5.45. The van der Waals surface area contributed by atoms with Crippen LogP contribution in [0.4, 0.5) is 0 Å². The summed E-state index contributed by atoms with van der Waals surface area (Å²) in [7, 11) is 1.00. The SMILES string of the molecule is C=C(NC1CCCCC1)c1cc(Cc2ccnc(C)c2)c2ccccc2n1.CO. The second kappa shape index (κ2) is 10.2. The molecule has 0 bridgehead atoms. The summed E-state index contributed by atoms with van der Waals surface area (Å²) < 4.78 is 0. The first kappa shape index (κ1) is 21.0. The van der Waals surface area contributed by atoms with Crippen molar-refractivity contribution in [1.82, 2.24) is 15.3 Å². The van der Waals surface area contributed by atoms with Crippen molar-refractivity contribution in [2.75, 3.05) is 7.11 Å². The van der Waals surface area contributed by atoms with Crippen LogP contribution in [-0.2, 0) is 6.42 Å². The predicted octanol–water partition coefficient (Wildman–Crippen LogP) is 5.03. The van der Waals surface area contributed by atoms with Crippen molar-refractivity contribution in [2.24, 2.45) is 0 Å². The number of aliphatic hydroxyl groups is 1. The van der Waals surface area contributed by atoms with Gasteiger partial charge in [-0.3, -0.25) is 4.98 Å². The van der Waals surface area contributed by atoms with Crippen LogP contribution in [0.3, 0.4) is 0 Å². The van der Waals surface area contributed by atoms with Crippen molar-refractivity contribution in [3.63, 3.8) is 0 Å². The van der Waals surface area contributed by atoms with Crippen LogP contribution in [0.5, 0.6) is 0 Å². The average molecular weight is 390 g/mol. The molecular weight excluding hydrogens is 358 g/mol. The summed E-state index contributed by atoms with van der Waals surface area (Å²) in [5.41, 5.74) is 6.54. The highest BCUT2D eigenvalue weighted by Crippen LogP contribution is 2.25. The van der Waals surface area contributed by atoms with Gasteiger partial charge in [0.15, 0.2) is 0 Å². The topological polar surface area (TPSA) is 58.0 Å². The smallest absolute Gasteiger partial charge is 0.0865 e. The van der Waals surface area contributed by atoms with Gasteiger partial charge in [-0.05, 0) is 61.6 Å². The van der Waals surface area contributed by atoms with Gasteiger partial charge in [-0.25, -0.2) is 4.98 Å². The van der Waals surface area contributed by atoms with E-state index < -0.39 is 0 Å². The number of hydrogen-bond donors (Lipinski definition) is 2. The van der Waals surface area contributed by atoms with Crippen LogP contribution in [0.1, 0.15) is 54.6 Å². The fourth-order valence-corrected chi connectivity index (χ4v) is 4.05. The molecule has 0 spiro atoms. The molecule has 1 aliphatic carbocycles. The summed E-state index contributed by atoms with van der Waals surface area (Å²) in [5.74, 6) is 0. The Morgan fingerprint density at radius 1 is 1.10 bits per heavy atom. The van der Waals surface area contributed by atoms with E-state index in [4.69, 9.17) is 10.1 Å². The number of benzene rings is 1. The Morgan fingerprint density at radius 3 is 2.62 bits per heavy atom. The van der Waals surface area contributed by atoms with Crippen LogP contribution in [0.15, 0.2) is 55.2 Å². The molecule has 1 aliphatic rings. The van der Waals surface area contributed by atoms with Crippen molar-refractivity contribution >= 4 is 16.6 Å². The third-order valence-corrected chi connectivity index (χ3v) is 5.45. The number of rotatable bonds is 5. The first-order valence-corrected chi connectivity index (χ1v) is 10.4. The normalized spacial score (nSPS) is 14.2. The van der Waals surface area contributed by atoms with E-state index in [0.29, 0.717) is 6.04 Å². The third kappa shape index (κ3) is 5.42. The van der Waals surface area contributed by atoms with Gasteiger partial charge in [0.25, 0.3) is 0 Å². The molecule has 29 heavy (non-hydrogen) atoms. The van der Waals surface area contributed by atoms with Crippen LogP contribution < -0.4 is 5.32 Å². The fourth-order valence-electron chi connectivity index (χ4n) is 4.05. The maximum absolute atomic E-state index is 7.00. The lowest BCUT2D eigenvalue weighted by atomic mass is 9.95. The highest BCUT2D eigenvalue weighted by molar-refractivity contribution is 5.84. The highest BCUT2D eigenvalue weighted by atomic mass is 16.2. The Labute approximate surface area is 173 Å². The van der Waals surface area contributed by atoms with E-state index in [0.717, 1.165) is 36.1 Å². The molecule has 1 saturated carbocycles. The van der Waals surface area contributed by atoms with E-state index in [-0.39, 0.29) is 0 Å². The Kier molecular flexibility index (Phi) is 7.36. The Hall–Kier alpha value is -2.72. The molecule has 152 valence electrons. The first-order chi connectivity index (χ1) is 14.2. The Morgan fingerprint density at radius 2 is 1.86 bits per heavy atom. The predicted molar refractivity (Wildman–Crippen MR) is 121 cm³/mol. The lowest BCUT2D eigenvalue weighted by molar-refractivity contribution is 0.399. The molecule has 4 rings (SSSR count). The molecule has 2 heterocycles. The maximum Gasteiger partial charge on any atom is 0.0865 e. The Bertz CT molecular complexity index is 961. The number of nitrogens with one attached hydrogen (secondary N) is 1. The van der Waals surface area contributed by atoms with Gasteiger partial charge in [-0.1, -0.05) is 44.0 Å². The summed E-state index contributed by atoms with van der Waals surface area (Å²) in [6, 6.07) is 15.4. The monoisotopic (exact) mass is 389 g/mol. The molecular formula is C25H31N3O. The van der Waals surface area contributed by atoms with Crippen molar-refractivity contribution in [3.8, 4) is 0 Å². The largest absolute Gasteiger partial charge is 0.400 e. The number of nitrogens with zero attached hydrogens (tertiary/aromatic N) is 2. The minimum Gasteiger partial charge on any atom is -0.400 e. The zero-order chi connectivity index (χ0) is 20.6. The van der Waals surface area contributed by atoms with Crippen molar-refractivity contribution in [3.05, 3.63) is 77.8 Å². The summed E-state index contributed by atoms with van der Waals surface area (Å²) >= 11 is 0. The van der Waals surface area contributed by atoms with Crippen molar-refractivity contribution in [2.45, 2.75) is 51.5 Å². The van der Waals surface area contributed by atoms with Gasteiger partial charge in [0.1, 0.15) is 0 Å². The van der Waals surface area contributed by atoms with E-state index in [1.807, 2.05) is 13.1 Å². The summed E-state index contributed by atoms with van der Waals surface area (Å²) in [6.45, 7) is 6.34. The second-order valence-corrected chi connectivity index (χ2v) is 7.62. The molecule has 0 atom stereocenters. The van der Waals surface area contributed by atoms with E-state index >= 15 is 0 Å². The van der Waals surface area contributed by atoms with Crippen LogP contribution >= 0.6 is 0 Å². The second-order valence-electron chi connectivity index (χ2n) is 7.62. The van der Waals surface area contributed by atoms with Crippen LogP contribution in [-0.4, -0.2) is 28.2 Å². The number of pyridine rings is 2. The van der Waals surface area contributed by atoms with Gasteiger partial charge in [0.2, 0.25) is 0 Å². The quantitative estimate of drug-likeness (QED) is 0.642. The summed E-state index contributed by atoms with van der Waals surface area (Å²) in [6.07, 6.45) is 9.19. The minimum atomic E-state index is 0.533. The van der Waals surface area contributed by atoms with Gasteiger partial charge in [-0.15, -0.1) is 0 Å². The standard InChI is InChI=1S/C24H27N3.CH4O/c1-17-14-19(12-13-25-17)15-20-16-24(27-23-11-7-6-10-22(20)23)18(2)26-21-8-4-3-5-9-21;1-2/h6-7,10-14,16,21,26H,2-5,8-9,15H2,1H3;2H,1H3.